The van der Waals surface area contributed by atoms with Crippen molar-refractivity contribution in [2.45, 2.75) is 32.7 Å². The van der Waals surface area contributed by atoms with Crippen LogP contribution in [0.15, 0.2) is 12.3 Å². The van der Waals surface area contributed by atoms with Gasteiger partial charge in [0.25, 0.3) is 0 Å². The summed E-state index contributed by atoms with van der Waals surface area (Å²) in [6.45, 7) is 4.17. The fourth-order valence-corrected chi connectivity index (χ4v) is 1.75. The molecule has 0 radical (unpaired) electrons. The molecule has 0 aliphatic rings. The topological polar surface area (TPSA) is 79.5 Å². The van der Waals surface area contributed by atoms with E-state index >= 15 is 0 Å². The fourth-order valence-electron chi connectivity index (χ4n) is 1.75. The zero-order valence-electron chi connectivity index (χ0n) is 10.5. The largest absolute Gasteiger partial charge is 0.478 e. The van der Waals surface area contributed by atoms with E-state index in [0.29, 0.717) is 5.82 Å². The average Bonchev–Trinajstić information content (AvgIpc) is 2.28. The first kappa shape index (κ1) is 13.3. The number of nitrogens with two attached hydrogens (primary N) is 1. The van der Waals surface area contributed by atoms with E-state index in [-0.39, 0.29) is 17.3 Å². The smallest absolute Gasteiger partial charge is 0.337 e. The van der Waals surface area contributed by atoms with Crippen molar-refractivity contribution in [2.75, 3.05) is 17.7 Å². The number of aromatic nitrogens is 1. The highest BCUT2D eigenvalue weighted by atomic mass is 16.4. The third-order valence-corrected chi connectivity index (χ3v) is 2.90. The van der Waals surface area contributed by atoms with Crippen LogP contribution in [0, 0.1) is 0 Å². The summed E-state index contributed by atoms with van der Waals surface area (Å²) >= 11 is 0. The van der Waals surface area contributed by atoms with Gasteiger partial charge in [-0.25, -0.2) is 9.78 Å². The van der Waals surface area contributed by atoms with Crippen molar-refractivity contribution in [3.8, 4) is 0 Å². The van der Waals surface area contributed by atoms with Gasteiger partial charge in [0.05, 0.1) is 11.3 Å². The first-order valence-electron chi connectivity index (χ1n) is 5.69. The normalized spacial score (nSPS) is 12.2. The lowest BCUT2D eigenvalue weighted by atomic mass is 10.1. The summed E-state index contributed by atoms with van der Waals surface area (Å²) in [5.74, 6) is -0.492. The molecule has 1 heterocycles. The summed E-state index contributed by atoms with van der Waals surface area (Å²) in [5.41, 5.74) is 6.16. The van der Waals surface area contributed by atoms with E-state index in [9.17, 15) is 4.79 Å². The number of hydrogen-bond acceptors (Lipinski definition) is 4. The highest BCUT2D eigenvalue weighted by Crippen LogP contribution is 2.25. The molecule has 0 amide bonds. The van der Waals surface area contributed by atoms with Crippen molar-refractivity contribution >= 4 is 17.5 Å². The maximum absolute atomic E-state index is 11.0. The molecule has 1 unspecified atom stereocenters. The Morgan fingerprint density at radius 2 is 2.29 bits per heavy atom. The molecule has 3 N–H and O–H groups in total. The minimum absolute atomic E-state index is 0.102. The number of carboxylic acid groups (broad SMARTS) is 1. The van der Waals surface area contributed by atoms with Crippen molar-refractivity contribution < 1.29 is 9.90 Å². The Hall–Kier alpha value is -1.78. The molecular formula is C12H19N3O2. The average molecular weight is 237 g/mol. The number of nitrogens with zero attached hydrogens (tertiary/aromatic N) is 2. The summed E-state index contributed by atoms with van der Waals surface area (Å²) in [6, 6.07) is 1.69. The van der Waals surface area contributed by atoms with E-state index in [2.05, 4.69) is 18.8 Å². The quantitative estimate of drug-likeness (QED) is 0.818. The van der Waals surface area contributed by atoms with Gasteiger partial charge in [-0.2, -0.15) is 0 Å². The molecule has 0 fully saturated rings. The van der Waals surface area contributed by atoms with Crippen LogP contribution in [0.2, 0.25) is 0 Å². The lowest BCUT2D eigenvalue weighted by Crippen LogP contribution is -2.30. The number of aromatic carboxylic acids is 1. The minimum Gasteiger partial charge on any atom is -0.478 e. The van der Waals surface area contributed by atoms with Gasteiger partial charge in [0, 0.05) is 19.3 Å². The molecule has 0 saturated heterocycles. The van der Waals surface area contributed by atoms with Gasteiger partial charge in [-0.3, -0.25) is 0 Å². The highest BCUT2D eigenvalue weighted by molar-refractivity contribution is 5.96. The predicted octanol–water partition coefficient (Wildman–Crippen LogP) is 1.99. The third kappa shape index (κ3) is 2.87. The molecule has 1 aromatic heterocycles. The second-order valence-electron chi connectivity index (χ2n) is 4.15. The zero-order chi connectivity index (χ0) is 13.0. The fraction of sp³-hybridized carbons (Fsp3) is 0.500. The van der Waals surface area contributed by atoms with Crippen LogP contribution in [-0.4, -0.2) is 29.1 Å². The van der Waals surface area contributed by atoms with Crippen molar-refractivity contribution in [1.29, 1.82) is 0 Å². The second-order valence-corrected chi connectivity index (χ2v) is 4.15. The number of anilines is 2. The van der Waals surface area contributed by atoms with E-state index in [1.54, 1.807) is 0 Å². The maximum Gasteiger partial charge on any atom is 0.337 e. The Balaban J connectivity index is 3.06. The van der Waals surface area contributed by atoms with E-state index in [1.807, 2.05) is 11.9 Å². The molecule has 0 spiro atoms. The molecule has 1 atom stereocenters. The highest BCUT2D eigenvalue weighted by Gasteiger charge is 2.17. The standard InChI is InChI=1S/C12H19N3O2/c1-4-5-8(2)15(3)11-10(13)9(12(16)17)6-7-14-11/h6-8H,4-5,13H2,1-3H3,(H,16,17). The van der Waals surface area contributed by atoms with Crippen LogP contribution in [0.1, 0.15) is 37.0 Å². The second kappa shape index (κ2) is 5.52. The van der Waals surface area contributed by atoms with Crippen molar-refractivity contribution in [1.82, 2.24) is 4.98 Å². The summed E-state index contributed by atoms with van der Waals surface area (Å²) in [7, 11) is 1.88. The van der Waals surface area contributed by atoms with Gasteiger partial charge in [0.1, 0.15) is 0 Å². The van der Waals surface area contributed by atoms with Gasteiger partial charge in [-0.1, -0.05) is 13.3 Å². The molecule has 0 aliphatic heterocycles. The van der Waals surface area contributed by atoms with Crippen molar-refractivity contribution in [3.63, 3.8) is 0 Å². The molecule has 0 aromatic carbocycles. The van der Waals surface area contributed by atoms with Crippen LogP contribution >= 0.6 is 0 Å². The zero-order valence-corrected chi connectivity index (χ0v) is 10.5. The number of hydrogen-bond donors (Lipinski definition) is 2. The molecule has 94 valence electrons. The van der Waals surface area contributed by atoms with E-state index < -0.39 is 5.97 Å². The third-order valence-electron chi connectivity index (χ3n) is 2.90. The molecule has 5 nitrogen and oxygen atoms in total. The van der Waals surface area contributed by atoms with Crippen molar-refractivity contribution in [3.05, 3.63) is 17.8 Å². The lowest BCUT2D eigenvalue weighted by Gasteiger charge is -2.27. The van der Waals surface area contributed by atoms with E-state index in [0.717, 1.165) is 12.8 Å². The Kier molecular flexibility index (Phi) is 4.31. The van der Waals surface area contributed by atoms with Gasteiger partial charge in [0.2, 0.25) is 0 Å². The summed E-state index contributed by atoms with van der Waals surface area (Å²) < 4.78 is 0. The monoisotopic (exact) mass is 237 g/mol. The number of nitrogen functional groups attached to an aromatic ring is 1. The first-order valence-corrected chi connectivity index (χ1v) is 5.69. The molecule has 1 rings (SSSR count). The molecule has 0 saturated carbocycles. The summed E-state index contributed by atoms with van der Waals surface area (Å²) in [5, 5.41) is 8.99. The first-order chi connectivity index (χ1) is 7.99. The summed E-state index contributed by atoms with van der Waals surface area (Å²) in [6.07, 6.45) is 3.54. The van der Waals surface area contributed by atoms with Crippen LogP contribution in [0.3, 0.4) is 0 Å². The molecule has 0 aliphatic carbocycles. The van der Waals surface area contributed by atoms with E-state index in [4.69, 9.17) is 10.8 Å². The van der Waals surface area contributed by atoms with Crippen LogP contribution < -0.4 is 10.6 Å². The van der Waals surface area contributed by atoms with Crippen molar-refractivity contribution in [2.24, 2.45) is 0 Å². The maximum atomic E-state index is 11.0. The number of pyridine rings is 1. The Morgan fingerprint density at radius 3 is 2.82 bits per heavy atom. The van der Waals surface area contributed by atoms with Crippen LogP contribution in [-0.2, 0) is 0 Å². The van der Waals surface area contributed by atoms with Crippen LogP contribution in [0.25, 0.3) is 0 Å². The number of carboxylic acids is 1. The SMILES string of the molecule is CCCC(C)N(C)c1nccc(C(=O)O)c1N. The van der Waals surface area contributed by atoms with E-state index in [1.165, 1.54) is 12.3 Å². The molecule has 0 bridgehead atoms. The Labute approximate surface area is 101 Å². The number of carbonyl (C=O) groups is 1. The van der Waals surface area contributed by atoms with Gasteiger partial charge in [0.15, 0.2) is 5.82 Å². The van der Waals surface area contributed by atoms with Gasteiger partial charge in [-0.15, -0.1) is 0 Å². The summed E-state index contributed by atoms with van der Waals surface area (Å²) in [4.78, 5) is 17.0. The lowest BCUT2D eigenvalue weighted by molar-refractivity contribution is 0.0698. The van der Waals surface area contributed by atoms with Gasteiger partial charge < -0.3 is 15.7 Å². The number of rotatable bonds is 5. The molecule has 1 aromatic rings. The molecule has 17 heavy (non-hydrogen) atoms. The molecular weight excluding hydrogens is 218 g/mol. The van der Waals surface area contributed by atoms with Gasteiger partial charge in [-0.05, 0) is 19.4 Å². The Morgan fingerprint density at radius 1 is 1.65 bits per heavy atom. The van der Waals surface area contributed by atoms with Crippen LogP contribution in [0.5, 0.6) is 0 Å². The van der Waals surface area contributed by atoms with Gasteiger partial charge >= 0.3 is 5.97 Å². The molecule has 5 heteroatoms. The van der Waals surface area contributed by atoms with Crippen LogP contribution in [0.4, 0.5) is 11.5 Å². The Bertz CT molecular complexity index is 407. The predicted molar refractivity (Wildman–Crippen MR) is 68.4 cm³/mol. The minimum atomic E-state index is -1.03.